The fraction of sp³-hybridized carbons (Fsp3) is 0.240. The molecule has 12 heteroatoms. The number of hydrogen-bond donors (Lipinski definition) is 1. The number of carbonyl (C=O) groups excluding carboxylic acids is 1. The van der Waals surface area contributed by atoms with Crippen LogP contribution in [0.25, 0.3) is 10.8 Å². The molecule has 4 aromatic rings. The molecule has 37 heavy (non-hydrogen) atoms. The first kappa shape index (κ1) is 25.2. The lowest BCUT2D eigenvalue weighted by molar-refractivity contribution is -0.387. The van der Waals surface area contributed by atoms with Gasteiger partial charge < -0.3 is 24.3 Å². The van der Waals surface area contributed by atoms with Crippen LogP contribution in [-0.2, 0) is 13.5 Å². The minimum atomic E-state index is -0.687. The van der Waals surface area contributed by atoms with Crippen molar-refractivity contribution in [2.24, 2.45) is 7.05 Å². The molecule has 0 atom stereocenters. The van der Waals surface area contributed by atoms with Gasteiger partial charge in [-0.2, -0.15) is 5.10 Å². The molecule has 0 saturated carbocycles. The summed E-state index contributed by atoms with van der Waals surface area (Å²) in [5.74, 6) is 1.33. The van der Waals surface area contributed by atoms with Gasteiger partial charge in [0.15, 0.2) is 34.9 Å². The molecule has 4 rings (SSSR count). The maximum atomic E-state index is 13.2. The number of rotatable bonds is 9. The average molecular weight is 509 g/mol. The van der Waals surface area contributed by atoms with Crippen molar-refractivity contribution in [2.45, 2.75) is 6.42 Å². The van der Waals surface area contributed by atoms with Gasteiger partial charge in [-0.3, -0.25) is 19.6 Å². The van der Waals surface area contributed by atoms with Gasteiger partial charge in [0, 0.05) is 24.9 Å². The highest BCUT2D eigenvalue weighted by atomic mass is 16.6. The second kappa shape index (κ2) is 10.4. The molecule has 2 aromatic heterocycles. The molecule has 2 N–H and O–H groups in total. The summed E-state index contributed by atoms with van der Waals surface area (Å²) in [6.45, 7) is 0. The predicted octanol–water partition coefficient (Wildman–Crippen LogP) is 3.17. The van der Waals surface area contributed by atoms with Crippen LogP contribution in [0.1, 0.15) is 21.7 Å². The number of anilines is 1. The highest BCUT2D eigenvalue weighted by Crippen LogP contribution is 2.37. The normalized spacial score (nSPS) is 10.7. The fourth-order valence-corrected chi connectivity index (χ4v) is 4.13. The summed E-state index contributed by atoms with van der Waals surface area (Å²) in [6.07, 6.45) is 3.19. The highest BCUT2D eigenvalue weighted by molar-refractivity contribution is 6.06. The van der Waals surface area contributed by atoms with E-state index in [2.05, 4.69) is 15.4 Å². The van der Waals surface area contributed by atoms with Crippen LogP contribution in [0.15, 0.2) is 42.7 Å². The number of hydrogen-bond acceptors (Lipinski definition) is 8. The number of aryl methyl sites for hydroxylation is 1. The number of nitrogens with one attached hydrogen (secondary N) is 2. The maximum Gasteiger partial charge on any atom is 0.320 e. The zero-order valence-electron chi connectivity index (χ0n) is 20.9. The number of ether oxygens (including phenoxy) is 4. The topological polar surface area (TPSA) is 141 Å². The van der Waals surface area contributed by atoms with E-state index in [1.54, 1.807) is 26.4 Å². The van der Waals surface area contributed by atoms with Crippen molar-refractivity contribution in [3.8, 4) is 23.0 Å². The van der Waals surface area contributed by atoms with Crippen molar-refractivity contribution in [1.29, 1.82) is 0 Å². The van der Waals surface area contributed by atoms with Gasteiger partial charge in [-0.1, -0.05) is 0 Å². The molecule has 0 saturated heterocycles. The number of amides is 1. The maximum absolute atomic E-state index is 13.2. The number of nitrogens with zero attached hydrogens (tertiary/aromatic N) is 3. The molecule has 0 unspecified atom stereocenters. The van der Waals surface area contributed by atoms with Crippen LogP contribution >= 0.6 is 0 Å². The first-order valence-corrected chi connectivity index (χ1v) is 11.1. The molecule has 0 bridgehead atoms. The minimum Gasteiger partial charge on any atom is -0.493 e. The predicted molar refractivity (Wildman–Crippen MR) is 134 cm³/mol. The zero-order valence-corrected chi connectivity index (χ0v) is 20.9. The van der Waals surface area contributed by atoms with Gasteiger partial charge in [0.2, 0.25) is 5.69 Å². The smallest absolute Gasteiger partial charge is 0.320 e. The lowest BCUT2D eigenvalue weighted by Gasteiger charge is -2.15. The van der Waals surface area contributed by atoms with E-state index in [0.29, 0.717) is 40.7 Å². The van der Waals surface area contributed by atoms with Gasteiger partial charge in [0.25, 0.3) is 5.91 Å². The summed E-state index contributed by atoms with van der Waals surface area (Å²) in [6, 6.07) is 9.03. The first-order chi connectivity index (χ1) is 17.8. The van der Waals surface area contributed by atoms with E-state index in [4.69, 9.17) is 18.9 Å². The molecule has 0 radical (unpaired) electrons. The zero-order chi connectivity index (χ0) is 26.7. The molecule has 0 fully saturated rings. The Morgan fingerprint density at radius 1 is 1.03 bits per heavy atom. The van der Waals surface area contributed by atoms with Crippen molar-refractivity contribution in [3.05, 3.63) is 69.8 Å². The van der Waals surface area contributed by atoms with E-state index >= 15 is 0 Å². The minimum absolute atomic E-state index is 0.181. The molecule has 0 aliphatic carbocycles. The van der Waals surface area contributed by atoms with Crippen molar-refractivity contribution in [3.63, 3.8) is 0 Å². The van der Waals surface area contributed by atoms with Crippen molar-refractivity contribution in [2.75, 3.05) is 33.8 Å². The van der Waals surface area contributed by atoms with Crippen LogP contribution in [0, 0.1) is 10.1 Å². The molecule has 0 aliphatic heterocycles. The van der Waals surface area contributed by atoms with Crippen LogP contribution in [0.4, 0.5) is 11.4 Å². The fourth-order valence-electron chi connectivity index (χ4n) is 4.13. The number of benzene rings is 2. The van der Waals surface area contributed by atoms with Crippen LogP contribution in [0.3, 0.4) is 0 Å². The second-order valence-corrected chi connectivity index (χ2v) is 8.01. The number of carbonyl (C=O) groups is 1. The molecule has 0 aliphatic rings. The van der Waals surface area contributed by atoms with E-state index < -0.39 is 16.5 Å². The van der Waals surface area contributed by atoms with E-state index in [9.17, 15) is 14.9 Å². The third-order valence-electron chi connectivity index (χ3n) is 5.96. The Kier molecular flexibility index (Phi) is 7.09. The summed E-state index contributed by atoms with van der Waals surface area (Å²) < 4.78 is 23.0. The SMILES string of the molecule is COc1cc(Cc2[nH+]ccc3cc(OC)c(OC)cc23)c(NC(=O)c2c([N+](=O)[O-])cnn2C)cc1OC. The van der Waals surface area contributed by atoms with E-state index in [1.807, 2.05) is 24.4 Å². The second-order valence-electron chi connectivity index (χ2n) is 8.01. The monoisotopic (exact) mass is 508 g/mol. The van der Waals surface area contributed by atoms with Gasteiger partial charge in [-0.15, -0.1) is 0 Å². The number of H-pyrrole nitrogens is 1. The van der Waals surface area contributed by atoms with Gasteiger partial charge in [-0.05, 0) is 29.1 Å². The van der Waals surface area contributed by atoms with E-state index in [1.165, 1.54) is 21.3 Å². The standard InChI is InChI=1S/C25H25N5O7/c1-29-24(19(13-27-29)30(32)33)25(31)28-17-12-23(37-5)21(35-3)10-15(17)8-18-16-11-22(36-4)20(34-2)9-14(16)6-7-26-18/h6-7,9-13H,8H2,1-5H3,(H,28,31)/p+1. The Bertz CT molecular complexity index is 1500. The Hall–Kier alpha value is -4.87. The Balaban J connectivity index is 1.81. The van der Waals surface area contributed by atoms with Gasteiger partial charge in [0.05, 0.1) is 45.2 Å². The van der Waals surface area contributed by atoms with Crippen molar-refractivity contribution < 1.29 is 33.6 Å². The third-order valence-corrected chi connectivity index (χ3v) is 5.96. The molecule has 1 amide bonds. The Morgan fingerprint density at radius 3 is 2.30 bits per heavy atom. The summed E-state index contributed by atoms with van der Waals surface area (Å²) in [7, 11) is 7.60. The van der Waals surface area contributed by atoms with Gasteiger partial charge in [-0.25, -0.2) is 4.98 Å². The summed E-state index contributed by atoms with van der Waals surface area (Å²) in [4.78, 5) is 27.2. The molecule has 12 nitrogen and oxygen atoms in total. The third kappa shape index (κ3) is 4.81. The average Bonchev–Trinajstić information content (AvgIpc) is 3.30. The summed E-state index contributed by atoms with van der Waals surface area (Å²) >= 11 is 0. The highest BCUT2D eigenvalue weighted by Gasteiger charge is 2.27. The lowest BCUT2D eigenvalue weighted by Crippen LogP contribution is -2.19. The number of aromatic nitrogens is 3. The largest absolute Gasteiger partial charge is 0.493 e. The van der Waals surface area contributed by atoms with E-state index in [-0.39, 0.29) is 5.69 Å². The Morgan fingerprint density at radius 2 is 1.65 bits per heavy atom. The van der Waals surface area contributed by atoms with Crippen LogP contribution in [0.5, 0.6) is 23.0 Å². The molecule has 192 valence electrons. The number of methoxy groups -OCH3 is 4. The number of pyridine rings is 1. The van der Waals surface area contributed by atoms with Crippen molar-refractivity contribution in [1.82, 2.24) is 9.78 Å². The number of nitro groups is 1. The molecule has 2 aromatic carbocycles. The molecule has 0 spiro atoms. The van der Waals surface area contributed by atoms with Crippen LogP contribution in [0.2, 0.25) is 0 Å². The summed E-state index contributed by atoms with van der Waals surface area (Å²) in [5.41, 5.74) is 1.32. The summed E-state index contributed by atoms with van der Waals surface area (Å²) in [5, 5.41) is 19.9. The molecular formula is C25H26N5O7+. The number of aromatic amines is 1. The Labute approximate surface area is 211 Å². The lowest BCUT2D eigenvalue weighted by atomic mass is 10.0. The number of fused-ring (bicyclic) bond motifs is 1. The molecule has 2 heterocycles. The van der Waals surface area contributed by atoms with Gasteiger partial charge in [0.1, 0.15) is 6.20 Å². The van der Waals surface area contributed by atoms with Crippen LogP contribution < -0.4 is 29.2 Å². The quantitative estimate of drug-likeness (QED) is 0.268. The van der Waals surface area contributed by atoms with Gasteiger partial charge >= 0.3 is 5.69 Å². The van der Waals surface area contributed by atoms with Crippen LogP contribution in [-0.4, -0.2) is 49.1 Å². The van der Waals surface area contributed by atoms with E-state index in [0.717, 1.165) is 27.3 Å². The van der Waals surface area contributed by atoms with Crippen molar-refractivity contribution >= 4 is 28.1 Å². The molecular weight excluding hydrogens is 482 g/mol. The first-order valence-electron chi connectivity index (χ1n) is 11.1.